The molecule has 1 unspecified atom stereocenters. The van der Waals surface area contributed by atoms with Crippen molar-refractivity contribution in [3.63, 3.8) is 0 Å². The van der Waals surface area contributed by atoms with Crippen LogP contribution in [0.25, 0.3) is 0 Å². The predicted octanol–water partition coefficient (Wildman–Crippen LogP) is 3.78. The van der Waals surface area contributed by atoms with Crippen molar-refractivity contribution in [2.24, 2.45) is 11.3 Å². The molecule has 0 bridgehead atoms. The summed E-state index contributed by atoms with van der Waals surface area (Å²) in [6, 6.07) is 18.4. The molecule has 142 valence electrons. The number of carbonyl (C=O) groups excluding carboxylic acids is 2. The van der Waals surface area contributed by atoms with Crippen LogP contribution in [0.3, 0.4) is 0 Å². The second-order valence-electron chi connectivity index (χ2n) is 7.98. The molecule has 2 amide bonds. The molecule has 5 heteroatoms. The van der Waals surface area contributed by atoms with Crippen LogP contribution in [0.5, 0.6) is 0 Å². The average molecular weight is 366 g/mol. The van der Waals surface area contributed by atoms with E-state index in [9.17, 15) is 14.7 Å². The Hall–Kier alpha value is -2.66. The van der Waals surface area contributed by atoms with Gasteiger partial charge in [0.2, 0.25) is 0 Å². The molecule has 1 aliphatic rings. The van der Waals surface area contributed by atoms with E-state index >= 15 is 0 Å². The number of anilines is 2. The Labute approximate surface area is 160 Å². The second kappa shape index (κ2) is 7.53. The molecule has 2 aromatic rings. The third-order valence-electron chi connectivity index (χ3n) is 4.94. The van der Waals surface area contributed by atoms with E-state index in [1.807, 2.05) is 81.4 Å². The SMILES string of the molecule is CC(C)(C)C(O)CCC1C(=O)N(c2ccccc2)N(c2ccccc2)C1=O. The summed E-state index contributed by atoms with van der Waals surface area (Å²) >= 11 is 0. The lowest BCUT2D eigenvalue weighted by Gasteiger charge is -2.27. The summed E-state index contributed by atoms with van der Waals surface area (Å²) in [4.78, 5) is 26.3. The van der Waals surface area contributed by atoms with Crippen LogP contribution in [-0.4, -0.2) is 23.0 Å². The Balaban J connectivity index is 1.92. The van der Waals surface area contributed by atoms with Gasteiger partial charge in [-0.25, -0.2) is 10.0 Å². The molecule has 0 saturated carbocycles. The average Bonchev–Trinajstić information content (AvgIpc) is 2.90. The molecule has 1 atom stereocenters. The fourth-order valence-corrected chi connectivity index (χ4v) is 3.23. The van der Waals surface area contributed by atoms with Crippen LogP contribution in [0.4, 0.5) is 11.4 Å². The highest BCUT2D eigenvalue weighted by Gasteiger charge is 2.47. The highest BCUT2D eigenvalue weighted by Crippen LogP contribution is 2.34. The van der Waals surface area contributed by atoms with Crippen LogP contribution in [-0.2, 0) is 9.59 Å². The third-order valence-corrected chi connectivity index (χ3v) is 4.94. The molecule has 0 aliphatic carbocycles. The Morgan fingerprint density at radius 3 is 1.63 bits per heavy atom. The number of amides is 2. The quantitative estimate of drug-likeness (QED) is 0.819. The summed E-state index contributed by atoms with van der Waals surface area (Å²) in [5, 5.41) is 13.2. The number of carbonyl (C=O) groups is 2. The number of para-hydroxylation sites is 2. The number of rotatable bonds is 5. The molecule has 27 heavy (non-hydrogen) atoms. The smallest absolute Gasteiger partial charge is 0.258 e. The number of aliphatic hydroxyl groups excluding tert-OH is 1. The zero-order valence-corrected chi connectivity index (χ0v) is 16.0. The van der Waals surface area contributed by atoms with Crippen molar-refractivity contribution in [1.82, 2.24) is 0 Å². The van der Waals surface area contributed by atoms with Crippen molar-refractivity contribution in [2.45, 2.75) is 39.7 Å². The number of nitrogens with zero attached hydrogens (tertiary/aromatic N) is 2. The second-order valence-corrected chi connectivity index (χ2v) is 7.98. The standard InChI is InChI=1S/C22H26N2O3/c1-22(2,3)19(25)15-14-18-20(26)23(16-10-6-4-7-11-16)24(21(18)27)17-12-8-5-9-13-17/h4-13,18-19,25H,14-15H2,1-3H3. The first kappa shape index (κ1) is 19.1. The summed E-state index contributed by atoms with van der Waals surface area (Å²) in [6.45, 7) is 5.84. The van der Waals surface area contributed by atoms with Crippen molar-refractivity contribution >= 4 is 23.2 Å². The van der Waals surface area contributed by atoms with Crippen molar-refractivity contribution in [2.75, 3.05) is 10.0 Å². The topological polar surface area (TPSA) is 60.9 Å². The molecule has 1 aliphatic heterocycles. The lowest BCUT2D eigenvalue weighted by molar-refractivity contribution is -0.127. The van der Waals surface area contributed by atoms with Crippen molar-refractivity contribution in [3.05, 3.63) is 60.7 Å². The molecule has 1 N–H and O–H groups in total. The van der Waals surface area contributed by atoms with E-state index in [0.717, 1.165) is 0 Å². The summed E-state index contributed by atoms with van der Waals surface area (Å²) in [7, 11) is 0. The van der Waals surface area contributed by atoms with Crippen LogP contribution >= 0.6 is 0 Å². The Bertz CT molecular complexity index is 742. The highest BCUT2D eigenvalue weighted by molar-refractivity contribution is 6.22. The molecule has 1 fully saturated rings. The molecule has 0 aromatic heterocycles. The van der Waals surface area contributed by atoms with Gasteiger partial charge >= 0.3 is 0 Å². The zero-order valence-electron chi connectivity index (χ0n) is 16.0. The summed E-state index contributed by atoms with van der Waals surface area (Å²) in [5.41, 5.74) is 1.01. The molecular weight excluding hydrogens is 340 g/mol. The van der Waals surface area contributed by atoms with Crippen molar-refractivity contribution < 1.29 is 14.7 Å². The molecule has 0 radical (unpaired) electrons. The monoisotopic (exact) mass is 366 g/mol. The first-order valence-corrected chi connectivity index (χ1v) is 9.26. The fourth-order valence-electron chi connectivity index (χ4n) is 3.23. The third kappa shape index (κ3) is 3.88. The Kier molecular flexibility index (Phi) is 5.33. The number of benzene rings is 2. The van der Waals surface area contributed by atoms with E-state index < -0.39 is 12.0 Å². The largest absolute Gasteiger partial charge is 0.393 e. The van der Waals surface area contributed by atoms with Gasteiger partial charge in [-0.2, -0.15) is 0 Å². The highest BCUT2D eigenvalue weighted by atomic mass is 16.3. The lowest BCUT2D eigenvalue weighted by atomic mass is 9.84. The van der Waals surface area contributed by atoms with E-state index in [2.05, 4.69) is 0 Å². The predicted molar refractivity (Wildman–Crippen MR) is 106 cm³/mol. The molecule has 5 nitrogen and oxygen atoms in total. The lowest BCUT2D eigenvalue weighted by Crippen LogP contribution is -2.41. The van der Waals surface area contributed by atoms with Gasteiger partial charge in [0.05, 0.1) is 17.5 Å². The van der Waals surface area contributed by atoms with E-state index in [1.165, 1.54) is 10.0 Å². The summed E-state index contributed by atoms with van der Waals surface area (Å²) < 4.78 is 0. The van der Waals surface area contributed by atoms with Gasteiger partial charge in [-0.15, -0.1) is 0 Å². The Morgan fingerprint density at radius 2 is 1.26 bits per heavy atom. The van der Waals surface area contributed by atoms with Crippen LogP contribution in [0, 0.1) is 11.3 Å². The van der Waals surface area contributed by atoms with Gasteiger partial charge in [0.1, 0.15) is 5.92 Å². The van der Waals surface area contributed by atoms with Crippen LogP contribution in [0.2, 0.25) is 0 Å². The molecule has 0 spiro atoms. The molecule has 1 heterocycles. The first-order valence-electron chi connectivity index (χ1n) is 9.26. The van der Waals surface area contributed by atoms with Gasteiger partial charge in [-0.05, 0) is 42.5 Å². The van der Waals surface area contributed by atoms with Crippen molar-refractivity contribution in [1.29, 1.82) is 0 Å². The number of aliphatic hydroxyl groups is 1. The Morgan fingerprint density at radius 1 is 0.852 bits per heavy atom. The number of hydrogen-bond acceptors (Lipinski definition) is 3. The van der Waals surface area contributed by atoms with Crippen LogP contribution in [0.1, 0.15) is 33.6 Å². The first-order chi connectivity index (χ1) is 12.8. The van der Waals surface area contributed by atoms with Gasteiger partial charge in [-0.3, -0.25) is 9.59 Å². The van der Waals surface area contributed by atoms with Gasteiger partial charge in [0, 0.05) is 0 Å². The minimum absolute atomic E-state index is 0.254. The van der Waals surface area contributed by atoms with Gasteiger partial charge in [0.25, 0.3) is 11.8 Å². The number of hydrogen-bond donors (Lipinski definition) is 1. The van der Waals surface area contributed by atoms with E-state index in [-0.39, 0.29) is 17.2 Å². The maximum absolute atomic E-state index is 13.1. The number of hydrazine groups is 1. The van der Waals surface area contributed by atoms with Crippen molar-refractivity contribution in [3.8, 4) is 0 Å². The van der Waals surface area contributed by atoms with Crippen LogP contribution < -0.4 is 10.0 Å². The van der Waals surface area contributed by atoms with E-state index in [4.69, 9.17) is 0 Å². The normalized spacial score (nSPS) is 16.9. The molecular formula is C22H26N2O3. The summed E-state index contributed by atoms with van der Waals surface area (Å²) in [6.07, 6.45) is 0.147. The zero-order chi connectivity index (χ0) is 19.6. The molecule has 3 rings (SSSR count). The van der Waals surface area contributed by atoms with Crippen LogP contribution in [0.15, 0.2) is 60.7 Å². The maximum Gasteiger partial charge on any atom is 0.258 e. The fraction of sp³-hybridized carbons (Fsp3) is 0.364. The van der Waals surface area contributed by atoms with E-state index in [1.54, 1.807) is 0 Å². The summed E-state index contributed by atoms with van der Waals surface area (Å²) in [5.74, 6) is -1.30. The van der Waals surface area contributed by atoms with Gasteiger partial charge in [-0.1, -0.05) is 57.2 Å². The minimum atomic E-state index is -0.789. The molecule has 1 saturated heterocycles. The maximum atomic E-state index is 13.1. The van der Waals surface area contributed by atoms with E-state index in [0.29, 0.717) is 24.2 Å². The molecule has 2 aromatic carbocycles. The van der Waals surface area contributed by atoms with Gasteiger partial charge < -0.3 is 5.11 Å². The van der Waals surface area contributed by atoms with Gasteiger partial charge in [0.15, 0.2) is 0 Å². The minimum Gasteiger partial charge on any atom is -0.393 e.